The molecule has 2 aromatic rings. The fraction of sp³-hybridized carbons (Fsp3) is 0.412. The summed E-state index contributed by atoms with van der Waals surface area (Å²) in [5.41, 5.74) is 7.79. The number of aromatic amines is 1. The molecule has 1 heterocycles. The van der Waals surface area contributed by atoms with E-state index in [1.807, 2.05) is 6.07 Å². The third kappa shape index (κ3) is 4.72. The van der Waals surface area contributed by atoms with Gasteiger partial charge in [0.15, 0.2) is 0 Å². The Morgan fingerprint density at radius 2 is 2.00 bits per heavy atom. The van der Waals surface area contributed by atoms with E-state index in [0.29, 0.717) is 29.5 Å². The van der Waals surface area contributed by atoms with Gasteiger partial charge in [-0.3, -0.25) is 9.89 Å². The van der Waals surface area contributed by atoms with Crippen molar-refractivity contribution in [3.8, 4) is 0 Å². The molecule has 0 aliphatic heterocycles. The molecule has 24 heavy (non-hydrogen) atoms. The maximum Gasteiger partial charge on any atom is 0.272 e. The summed E-state index contributed by atoms with van der Waals surface area (Å²) in [6, 6.07) is 7.00. The van der Waals surface area contributed by atoms with Gasteiger partial charge in [0.05, 0.1) is 0 Å². The van der Waals surface area contributed by atoms with Gasteiger partial charge in [-0.25, -0.2) is 0 Å². The fourth-order valence-corrected chi connectivity index (χ4v) is 2.70. The van der Waals surface area contributed by atoms with Crippen LogP contribution in [0.25, 0.3) is 0 Å². The fourth-order valence-electron chi connectivity index (χ4n) is 2.52. The largest absolute Gasteiger partial charge is 0.399 e. The number of hydrogen-bond donors (Lipinski definition) is 2. The number of anilines is 1. The van der Waals surface area contributed by atoms with E-state index in [0.717, 1.165) is 25.2 Å². The molecule has 1 aromatic heterocycles. The second kappa shape index (κ2) is 8.70. The molecule has 0 atom stereocenters. The van der Waals surface area contributed by atoms with Gasteiger partial charge in [-0.05, 0) is 42.9 Å². The first-order chi connectivity index (χ1) is 11.5. The molecule has 0 aliphatic rings. The standard InChI is InChI=1S/C17H24ClN5O/c1-3-22(4-2)9-10-23(17(24)16-7-8-20-21-16)12-13-11-14(19)5-6-15(13)18/h5-8,11H,3-4,9-10,12,19H2,1-2H3,(H,20,21). The third-order valence-electron chi connectivity index (χ3n) is 4.03. The monoisotopic (exact) mass is 349 g/mol. The lowest BCUT2D eigenvalue weighted by molar-refractivity contribution is 0.0718. The van der Waals surface area contributed by atoms with E-state index in [9.17, 15) is 4.79 Å². The number of halogens is 1. The van der Waals surface area contributed by atoms with E-state index in [-0.39, 0.29) is 5.91 Å². The van der Waals surface area contributed by atoms with Crippen LogP contribution >= 0.6 is 11.6 Å². The molecule has 1 aromatic carbocycles. The van der Waals surface area contributed by atoms with Crippen molar-refractivity contribution in [3.05, 3.63) is 46.7 Å². The molecule has 0 unspecified atom stereocenters. The van der Waals surface area contributed by atoms with Gasteiger partial charge in [0.25, 0.3) is 5.91 Å². The molecule has 7 heteroatoms. The van der Waals surface area contributed by atoms with Gasteiger partial charge in [0.1, 0.15) is 5.69 Å². The zero-order valence-electron chi connectivity index (χ0n) is 14.1. The first-order valence-electron chi connectivity index (χ1n) is 8.10. The normalized spacial score (nSPS) is 11.0. The number of amides is 1. The van der Waals surface area contributed by atoms with E-state index in [1.165, 1.54) is 0 Å². The minimum Gasteiger partial charge on any atom is -0.399 e. The number of nitrogen functional groups attached to an aromatic ring is 1. The number of H-pyrrole nitrogens is 1. The molecule has 6 nitrogen and oxygen atoms in total. The van der Waals surface area contributed by atoms with Crippen LogP contribution in [0.5, 0.6) is 0 Å². The summed E-state index contributed by atoms with van der Waals surface area (Å²) in [7, 11) is 0. The lowest BCUT2D eigenvalue weighted by atomic mass is 10.1. The first kappa shape index (κ1) is 18.3. The zero-order chi connectivity index (χ0) is 17.5. The van der Waals surface area contributed by atoms with Crippen LogP contribution < -0.4 is 5.73 Å². The lowest BCUT2D eigenvalue weighted by Gasteiger charge is -2.26. The molecular weight excluding hydrogens is 326 g/mol. The molecule has 3 N–H and O–H groups in total. The summed E-state index contributed by atoms with van der Waals surface area (Å²) in [6.07, 6.45) is 1.57. The first-order valence-corrected chi connectivity index (χ1v) is 8.47. The second-order valence-corrected chi connectivity index (χ2v) is 5.98. The van der Waals surface area contributed by atoms with Gasteiger partial charge >= 0.3 is 0 Å². The summed E-state index contributed by atoms with van der Waals surface area (Å²) in [6.45, 7) is 7.92. The Kier molecular flexibility index (Phi) is 6.63. The van der Waals surface area contributed by atoms with Gasteiger partial charge in [0.2, 0.25) is 0 Å². The highest BCUT2D eigenvalue weighted by Crippen LogP contribution is 2.21. The van der Waals surface area contributed by atoms with Crippen LogP contribution in [0.2, 0.25) is 5.02 Å². The number of nitrogens with two attached hydrogens (primary N) is 1. The van der Waals surface area contributed by atoms with E-state index < -0.39 is 0 Å². The summed E-state index contributed by atoms with van der Waals surface area (Å²) in [5, 5.41) is 7.20. The summed E-state index contributed by atoms with van der Waals surface area (Å²) >= 11 is 6.26. The molecule has 0 radical (unpaired) electrons. The number of rotatable bonds is 8. The van der Waals surface area contributed by atoms with Crippen LogP contribution in [0, 0.1) is 0 Å². The van der Waals surface area contributed by atoms with Crippen molar-refractivity contribution in [1.82, 2.24) is 20.0 Å². The van der Waals surface area contributed by atoms with Crippen molar-refractivity contribution in [2.24, 2.45) is 0 Å². The lowest BCUT2D eigenvalue weighted by Crippen LogP contribution is -2.38. The Morgan fingerprint density at radius 3 is 2.62 bits per heavy atom. The zero-order valence-corrected chi connectivity index (χ0v) is 14.9. The topological polar surface area (TPSA) is 78.2 Å². The van der Waals surface area contributed by atoms with Crippen molar-refractivity contribution in [3.63, 3.8) is 0 Å². The molecule has 0 aliphatic carbocycles. The number of benzene rings is 1. The number of likely N-dealkylation sites (N-methyl/N-ethyl adjacent to an activating group) is 1. The van der Waals surface area contributed by atoms with Crippen LogP contribution in [0.15, 0.2) is 30.5 Å². The van der Waals surface area contributed by atoms with E-state index >= 15 is 0 Å². The molecule has 0 spiro atoms. The number of nitrogens with zero attached hydrogens (tertiary/aromatic N) is 3. The Hall–Kier alpha value is -2.05. The third-order valence-corrected chi connectivity index (χ3v) is 4.40. The molecular formula is C17H24ClN5O. The van der Waals surface area contributed by atoms with Gasteiger partial charge < -0.3 is 15.5 Å². The van der Waals surface area contributed by atoms with Crippen LogP contribution in [-0.2, 0) is 6.54 Å². The average molecular weight is 350 g/mol. The minimum absolute atomic E-state index is 0.0989. The summed E-state index contributed by atoms with van der Waals surface area (Å²) in [5.74, 6) is -0.0989. The van der Waals surface area contributed by atoms with Crippen molar-refractivity contribution in [2.75, 3.05) is 31.9 Å². The molecule has 0 saturated heterocycles. The van der Waals surface area contributed by atoms with Crippen molar-refractivity contribution in [2.45, 2.75) is 20.4 Å². The van der Waals surface area contributed by atoms with E-state index in [4.69, 9.17) is 17.3 Å². The molecule has 0 fully saturated rings. The van der Waals surface area contributed by atoms with Crippen molar-refractivity contribution in [1.29, 1.82) is 0 Å². The predicted octanol–water partition coefficient (Wildman–Crippen LogP) is 2.63. The highest BCUT2D eigenvalue weighted by atomic mass is 35.5. The van der Waals surface area contributed by atoms with Gasteiger partial charge in [-0.15, -0.1) is 0 Å². The second-order valence-electron chi connectivity index (χ2n) is 5.57. The molecule has 2 rings (SSSR count). The van der Waals surface area contributed by atoms with Crippen molar-refractivity contribution < 1.29 is 4.79 Å². The number of carbonyl (C=O) groups excluding carboxylic acids is 1. The smallest absolute Gasteiger partial charge is 0.272 e. The number of hydrogen-bond acceptors (Lipinski definition) is 4. The average Bonchev–Trinajstić information content (AvgIpc) is 3.11. The van der Waals surface area contributed by atoms with Gasteiger partial charge in [0, 0.05) is 36.5 Å². The predicted molar refractivity (Wildman–Crippen MR) is 97.0 cm³/mol. The highest BCUT2D eigenvalue weighted by molar-refractivity contribution is 6.31. The van der Waals surface area contributed by atoms with E-state index in [2.05, 4.69) is 28.9 Å². The van der Waals surface area contributed by atoms with Crippen LogP contribution in [0.1, 0.15) is 29.9 Å². The maximum atomic E-state index is 12.8. The van der Waals surface area contributed by atoms with Crippen molar-refractivity contribution >= 4 is 23.2 Å². The Bertz CT molecular complexity index is 655. The molecule has 1 amide bonds. The summed E-state index contributed by atoms with van der Waals surface area (Å²) < 4.78 is 0. The maximum absolute atomic E-state index is 12.8. The Morgan fingerprint density at radius 1 is 1.25 bits per heavy atom. The highest BCUT2D eigenvalue weighted by Gasteiger charge is 2.19. The molecule has 0 saturated carbocycles. The number of nitrogens with one attached hydrogen (secondary N) is 1. The Labute approximate surface area is 147 Å². The summed E-state index contributed by atoms with van der Waals surface area (Å²) in [4.78, 5) is 16.8. The van der Waals surface area contributed by atoms with Gasteiger partial charge in [-0.1, -0.05) is 25.4 Å². The van der Waals surface area contributed by atoms with Crippen LogP contribution in [-0.4, -0.2) is 52.1 Å². The SMILES string of the molecule is CCN(CC)CCN(Cc1cc(N)ccc1Cl)C(=O)c1ccn[nH]1. The number of aromatic nitrogens is 2. The van der Waals surface area contributed by atoms with E-state index in [1.54, 1.807) is 29.3 Å². The molecule has 0 bridgehead atoms. The Balaban J connectivity index is 2.18. The quantitative estimate of drug-likeness (QED) is 0.718. The van der Waals surface area contributed by atoms with Crippen LogP contribution in [0.4, 0.5) is 5.69 Å². The van der Waals surface area contributed by atoms with Crippen LogP contribution in [0.3, 0.4) is 0 Å². The number of carbonyl (C=O) groups is 1. The van der Waals surface area contributed by atoms with Gasteiger partial charge in [-0.2, -0.15) is 5.10 Å². The minimum atomic E-state index is -0.0989. The molecule has 130 valence electrons.